The van der Waals surface area contributed by atoms with Crippen LogP contribution in [-0.4, -0.2) is 10.9 Å². The Hall–Kier alpha value is -2.36. The summed E-state index contributed by atoms with van der Waals surface area (Å²) in [6.45, 7) is 1.94. The third-order valence-corrected chi connectivity index (χ3v) is 2.68. The monoisotopic (exact) mass is 241 g/mol. The summed E-state index contributed by atoms with van der Waals surface area (Å²) in [5, 5.41) is 2.78. The van der Waals surface area contributed by atoms with Gasteiger partial charge in [-0.1, -0.05) is 18.2 Å². The van der Waals surface area contributed by atoms with Gasteiger partial charge in [0, 0.05) is 6.20 Å². The Balaban J connectivity index is 2.06. The van der Waals surface area contributed by atoms with Gasteiger partial charge in [0.2, 0.25) is 5.91 Å². The van der Waals surface area contributed by atoms with Crippen molar-refractivity contribution in [3.63, 3.8) is 0 Å². The number of anilines is 2. The van der Waals surface area contributed by atoms with Crippen LogP contribution in [0.4, 0.5) is 11.4 Å². The van der Waals surface area contributed by atoms with Crippen molar-refractivity contribution in [1.29, 1.82) is 0 Å². The smallest absolute Gasteiger partial charge is 0.230 e. The summed E-state index contributed by atoms with van der Waals surface area (Å²) in [5.41, 5.74) is 8.75. The molecule has 0 aliphatic carbocycles. The maximum absolute atomic E-state index is 11.9. The number of nitrogens with zero attached hydrogens (tertiary/aromatic N) is 1. The van der Waals surface area contributed by atoms with E-state index in [4.69, 9.17) is 5.73 Å². The number of pyridine rings is 1. The Labute approximate surface area is 106 Å². The lowest BCUT2D eigenvalue weighted by Crippen LogP contribution is -2.16. The number of benzene rings is 1. The van der Waals surface area contributed by atoms with Gasteiger partial charge in [-0.3, -0.25) is 9.78 Å². The Morgan fingerprint density at radius 3 is 2.78 bits per heavy atom. The average Bonchev–Trinajstić information content (AvgIpc) is 2.35. The normalized spacial score (nSPS) is 10.1. The topological polar surface area (TPSA) is 68.0 Å². The number of nitrogens with one attached hydrogen (secondary N) is 1. The Kier molecular flexibility index (Phi) is 3.57. The van der Waals surface area contributed by atoms with Crippen molar-refractivity contribution in [1.82, 2.24) is 4.98 Å². The van der Waals surface area contributed by atoms with Gasteiger partial charge in [-0.15, -0.1) is 0 Å². The first-order chi connectivity index (χ1) is 8.66. The van der Waals surface area contributed by atoms with Gasteiger partial charge in [0.05, 0.1) is 23.5 Å². The molecule has 2 rings (SSSR count). The molecule has 0 bridgehead atoms. The molecule has 0 fully saturated rings. The van der Waals surface area contributed by atoms with Crippen molar-refractivity contribution < 1.29 is 4.79 Å². The summed E-state index contributed by atoms with van der Waals surface area (Å²) >= 11 is 0. The lowest BCUT2D eigenvalue weighted by atomic mass is 10.1. The van der Waals surface area contributed by atoms with Gasteiger partial charge in [-0.05, 0) is 30.7 Å². The van der Waals surface area contributed by atoms with E-state index in [0.29, 0.717) is 11.4 Å². The zero-order valence-electron chi connectivity index (χ0n) is 10.2. The van der Waals surface area contributed by atoms with Crippen LogP contribution in [0.2, 0.25) is 0 Å². The minimum Gasteiger partial charge on any atom is -0.397 e. The van der Waals surface area contributed by atoms with Crippen LogP contribution in [0.1, 0.15) is 11.3 Å². The molecule has 1 aromatic carbocycles. The first-order valence-corrected chi connectivity index (χ1v) is 5.71. The van der Waals surface area contributed by atoms with Gasteiger partial charge in [0.15, 0.2) is 0 Å². The number of aryl methyl sites for hydroxylation is 1. The zero-order valence-corrected chi connectivity index (χ0v) is 10.2. The highest BCUT2D eigenvalue weighted by Gasteiger charge is 2.08. The molecular formula is C14H15N3O. The molecule has 0 saturated heterocycles. The molecule has 1 aromatic heterocycles. The van der Waals surface area contributed by atoms with Crippen molar-refractivity contribution in [2.24, 2.45) is 0 Å². The number of nitrogen functional groups attached to an aromatic ring is 1. The molecule has 0 atom stereocenters. The van der Waals surface area contributed by atoms with Crippen LogP contribution in [0.3, 0.4) is 0 Å². The second kappa shape index (κ2) is 5.31. The Morgan fingerprint density at radius 2 is 2.06 bits per heavy atom. The van der Waals surface area contributed by atoms with Crippen LogP contribution in [0.5, 0.6) is 0 Å². The Morgan fingerprint density at radius 1 is 1.28 bits per heavy atom. The van der Waals surface area contributed by atoms with Gasteiger partial charge in [-0.2, -0.15) is 0 Å². The van der Waals surface area contributed by atoms with E-state index in [9.17, 15) is 4.79 Å². The summed E-state index contributed by atoms with van der Waals surface area (Å²) < 4.78 is 0. The standard InChI is InChI=1S/C14H15N3O/c1-10-5-4-8-16-13(10)9-14(18)17-12-7-3-2-6-11(12)15/h2-8H,9,15H2,1H3,(H,17,18). The predicted octanol–water partition coefficient (Wildman–Crippen LogP) is 2.15. The van der Waals surface area contributed by atoms with Gasteiger partial charge in [0.25, 0.3) is 0 Å². The van der Waals surface area contributed by atoms with Crippen LogP contribution in [0.15, 0.2) is 42.6 Å². The second-order valence-electron chi connectivity index (χ2n) is 4.08. The zero-order chi connectivity index (χ0) is 13.0. The molecule has 1 amide bonds. The van der Waals surface area contributed by atoms with E-state index in [1.165, 1.54) is 0 Å². The lowest BCUT2D eigenvalue weighted by Gasteiger charge is -2.08. The summed E-state index contributed by atoms with van der Waals surface area (Å²) in [7, 11) is 0. The van der Waals surface area contributed by atoms with Crippen molar-refractivity contribution in [2.75, 3.05) is 11.1 Å². The molecule has 4 heteroatoms. The fourth-order valence-electron chi connectivity index (χ4n) is 1.66. The maximum atomic E-state index is 11.9. The quantitative estimate of drug-likeness (QED) is 0.809. The maximum Gasteiger partial charge on any atom is 0.230 e. The lowest BCUT2D eigenvalue weighted by molar-refractivity contribution is -0.115. The number of nitrogens with two attached hydrogens (primary N) is 1. The highest BCUT2D eigenvalue weighted by atomic mass is 16.1. The summed E-state index contributed by atoms with van der Waals surface area (Å²) in [6.07, 6.45) is 1.94. The van der Waals surface area contributed by atoms with E-state index in [1.807, 2.05) is 31.2 Å². The molecule has 0 unspecified atom stereocenters. The SMILES string of the molecule is Cc1cccnc1CC(=O)Nc1ccccc1N. The van der Waals surface area contributed by atoms with E-state index < -0.39 is 0 Å². The van der Waals surface area contributed by atoms with E-state index in [-0.39, 0.29) is 12.3 Å². The van der Waals surface area contributed by atoms with Crippen LogP contribution < -0.4 is 11.1 Å². The molecule has 92 valence electrons. The molecule has 4 nitrogen and oxygen atoms in total. The van der Waals surface area contributed by atoms with Crippen molar-refractivity contribution in [3.05, 3.63) is 53.9 Å². The number of rotatable bonds is 3. The largest absolute Gasteiger partial charge is 0.397 e. The van der Waals surface area contributed by atoms with E-state index in [0.717, 1.165) is 11.3 Å². The summed E-state index contributed by atoms with van der Waals surface area (Å²) in [5.74, 6) is -0.116. The van der Waals surface area contributed by atoms with Crippen LogP contribution in [-0.2, 0) is 11.2 Å². The second-order valence-corrected chi connectivity index (χ2v) is 4.08. The third-order valence-electron chi connectivity index (χ3n) is 2.68. The van der Waals surface area contributed by atoms with Gasteiger partial charge in [-0.25, -0.2) is 0 Å². The third kappa shape index (κ3) is 2.85. The Bertz CT molecular complexity index is 517. The molecule has 0 spiro atoms. The van der Waals surface area contributed by atoms with E-state index in [2.05, 4.69) is 10.3 Å². The summed E-state index contributed by atoms with van der Waals surface area (Å²) in [4.78, 5) is 16.1. The number of hydrogen-bond donors (Lipinski definition) is 2. The molecule has 0 saturated carbocycles. The van der Waals surface area contributed by atoms with Gasteiger partial charge in [0.1, 0.15) is 0 Å². The molecule has 0 aliphatic heterocycles. The van der Waals surface area contributed by atoms with Crippen LogP contribution >= 0.6 is 0 Å². The summed E-state index contributed by atoms with van der Waals surface area (Å²) in [6, 6.07) is 11.0. The van der Waals surface area contributed by atoms with E-state index in [1.54, 1.807) is 18.3 Å². The molecule has 18 heavy (non-hydrogen) atoms. The average molecular weight is 241 g/mol. The van der Waals surface area contributed by atoms with Crippen molar-refractivity contribution in [2.45, 2.75) is 13.3 Å². The van der Waals surface area contributed by atoms with Crippen LogP contribution in [0.25, 0.3) is 0 Å². The molecule has 3 N–H and O–H groups in total. The number of aromatic nitrogens is 1. The van der Waals surface area contributed by atoms with Crippen molar-refractivity contribution >= 4 is 17.3 Å². The van der Waals surface area contributed by atoms with Gasteiger partial charge < -0.3 is 11.1 Å². The molecule has 0 radical (unpaired) electrons. The first-order valence-electron chi connectivity index (χ1n) is 5.71. The predicted molar refractivity (Wildman–Crippen MR) is 72.2 cm³/mol. The molecule has 0 aliphatic rings. The highest BCUT2D eigenvalue weighted by molar-refractivity contribution is 5.94. The minimum absolute atomic E-state index is 0.116. The molecule has 2 aromatic rings. The highest BCUT2D eigenvalue weighted by Crippen LogP contribution is 2.17. The number of hydrogen-bond acceptors (Lipinski definition) is 3. The number of carbonyl (C=O) groups excluding carboxylic acids is 1. The number of amides is 1. The fraction of sp³-hybridized carbons (Fsp3) is 0.143. The number of para-hydroxylation sites is 2. The number of carbonyl (C=O) groups is 1. The first kappa shape index (κ1) is 12.1. The van der Waals surface area contributed by atoms with Crippen molar-refractivity contribution in [3.8, 4) is 0 Å². The minimum atomic E-state index is -0.116. The van der Waals surface area contributed by atoms with Gasteiger partial charge >= 0.3 is 0 Å². The molecule has 1 heterocycles. The molecular weight excluding hydrogens is 226 g/mol. The van der Waals surface area contributed by atoms with Crippen LogP contribution in [0, 0.1) is 6.92 Å². The fourth-order valence-corrected chi connectivity index (χ4v) is 1.66. The van der Waals surface area contributed by atoms with E-state index >= 15 is 0 Å².